The number of aliphatic imine (C=N–C) groups is 1. The van der Waals surface area contributed by atoms with Crippen LogP contribution in [0, 0.1) is 5.92 Å². The third-order valence-corrected chi connectivity index (χ3v) is 6.79. The molecule has 0 amide bonds. The van der Waals surface area contributed by atoms with Crippen LogP contribution in [0.25, 0.3) is 0 Å². The Morgan fingerprint density at radius 1 is 1.35 bits per heavy atom. The minimum absolute atomic E-state index is 0. The van der Waals surface area contributed by atoms with Crippen molar-refractivity contribution in [2.45, 2.75) is 38.0 Å². The highest BCUT2D eigenvalue weighted by Crippen LogP contribution is 2.26. The van der Waals surface area contributed by atoms with Gasteiger partial charge in [0.15, 0.2) is 5.96 Å². The molecule has 2 atom stereocenters. The van der Waals surface area contributed by atoms with E-state index in [2.05, 4.69) is 51.8 Å². The molecule has 2 aliphatic rings. The molecule has 2 unspecified atom stereocenters. The van der Waals surface area contributed by atoms with E-state index in [9.17, 15) is 0 Å². The summed E-state index contributed by atoms with van der Waals surface area (Å²) in [6.45, 7) is 9.94. The molecule has 1 aromatic heterocycles. The second-order valence-corrected chi connectivity index (χ2v) is 8.65. The fourth-order valence-corrected chi connectivity index (χ4v) is 5.03. The lowest BCUT2D eigenvalue weighted by Crippen LogP contribution is -2.50. The number of halogens is 1. The van der Waals surface area contributed by atoms with E-state index in [1.165, 1.54) is 18.6 Å². The third kappa shape index (κ3) is 5.55. The highest BCUT2D eigenvalue weighted by Gasteiger charge is 2.28. The molecule has 2 fully saturated rings. The average molecular weight is 492 g/mol. The van der Waals surface area contributed by atoms with E-state index in [-0.39, 0.29) is 30.0 Å². The van der Waals surface area contributed by atoms with Crippen LogP contribution in [0.15, 0.2) is 27.8 Å². The van der Waals surface area contributed by atoms with E-state index in [1.807, 2.05) is 13.1 Å². The molecular weight excluding hydrogens is 459 g/mol. The van der Waals surface area contributed by atoms with E-state index < -0.39 is 0 Å². The van der Waals surface area contributed by atoms with Crippen LogP contribution in [0.5, 0.6) is 0 Å². The Hall–Kier alpha value is -0.410. The van der Waals surface area contributed by atoms with Crippen molar-refractivity contribution in [1.82, 2.24) is 15.1 Å². The molecule has 1 N–H and O–H groups in total. The zero-order valence-electron chi connectivity index (χ0n) is 16.2. The first-order valence-corrected chi connectivity index (χ1v) is 10.6. The van der Waals surface area contributed by atoms with Crippen molar-refractivity contribution < 1.29 is 4.42 Å². The van der Waals surface area contributed by atoms with Crippen LogP contribution >= 0.6 is 35.7 Å². The second kappa shape index (κ2) is 10.8. The molecule has 0 aromatic carbocycles. The lowest BCUT2D eigenvalue weighted by molar-refractivity contribution is 0.213. The van der Waals surface area contributed by atoms with Crippen LogP contribution in [0.1, 0.15) is 38.5 Å². The SMILES string of the molecule is CN=C(NCC(c1ccco1)N1CCCC1)N1CCSC(C(C)C)C1.I. The van der Waals surface area contributed by atoms with E-state index in [0.29, 0.717) is 11.2 Å². The first-order chi connectivity index (χ1) is 12.2. The third-order valence-electron chi connectivity index (χ3n) is 5.25. The van der Waals surface area contributed by atoms with Crippen molar-refractivity contribution in [3.63, 3.8) is 0 Å². The first-order valence-electron chi connectivity index (χ1n) is 9.53. The molecule has 0 radical (unpaired) electrons. The zero-order chi connectivity index (χ0) is 17.6. The van der Waals surface area contributed by atoms with Crippen molar-refractivity contribution >= 4 is 41.7 Å². The molecular formula is C19H33IN4OS. The molecule has 5 nitrogen and oxygen atoms in total. The summed E-state index contributed by atoms with van der Waals surface area (Å²) in [5.74, 6) is 3.96. The van der Waals surface area contributed by atoms with Gasteiger partial charge in [0.2, 0.25) is 0 Å². The van der Waals surface area contributed by atoms with Crippen LogP contribution in [0.2, 0.25) is 0 Å². The number of thioether (sulfide) groups is 1. The number of furan rings is 1. The van der Waals surface area contributed by atoms with Crippen LogP contribution in [-0.2, 0) is 0 Å². The van der Waals surface area contributed by atoms with Gasteiger partial charge in [-0.3, -0.25) is 9.89 Å². The van der Waals surface area contributed by atoms with Crippen LogP contribution in [0.3, 0.4) is 0 Å². The molecule has 3 heterocycles. The zero-order valence-corrected chi connectivity index (χ0v) is 19.3. The first kappa shape index (κ1) is 21.9. The van der Waals surface area contributed by atoms with E-state index in [0.717, 1.165) is 44.4 Å². The number of hydrogen-bond donors (Lipinski definition) is 1. The minimum atomic E-state index is 0. The summed E-state index contributed by atoms with van der Waals surface area (Å²) >= 11 is 2.10. The number of nitrogens with one attached hydrogen (secondary N) is 1. The van der Waals surface area contributed by atoms with Gasteiger partial charge in [0.1, 0.15) is 5.76 Å². The number of guanidine groups is 1. The van der Waals surface area contributed by atoms with Crippen LogP contribution in [-0.4, -0.2) is 66.5 Å². The Kier molecular flexibility index (Phi) is 9.09. The molecule has 148 valence electrons. The van der Waals surface area contributed by atoms with E-state index >= 15 is 0 Å². The molecule has 0 saturated carbocycles. The number of rotatable bonds is 5. The predicted octanol–water partition coefficient (Wildman–Crippen LogP) is 3.68. The maximum absolute atomic E-state index is 5.73. The number of hydrogen-bond acceptors (Lipinski definition) is 4. The van der Waals surface area contributed by atoms with Gasteiger partial charge in [-0.15, -0.1) is 24.0 Å². The fourth-order valence-electron chi connectivity index (χ4n) is 3.74. The molecule has 3 rings (SSSR count). The van der Waals surface area contributed by atoms with E-state index in [1.54, 1.807) is 6.26 Å². The summed E-state index contributed by atoms with van der Waals surface area (Å²) < 4.78 is 5.73. The van der Waals surface area contributed by atoms with Crippen molar-refractivity contribution in [2.75, 3.05) is 45.5 Å². The average Bonchev–Trinajstić information content (AvgIpc) is 3.33. The Balaban J connectivity index is 0.00000243. The topological polar surface area (TPSA) is 44.0 Å². The van der Waals surface area contributed by atoms with Gasteiger partial charge in [-0.2, -0.15) is 11.8 Å². The monoisotopic (exact) mass is 492 g/mol. The summed E-state index contributed by atoms with van der Waals surface area (Å²) in [4.78, 5) is 9.51. The van der Waals surface area contributed by atoms with Crippen molar-refractivity contribution in [2.24, 2.45) is 10.9 Å². The quantitative estimate of drug-likeness (QED) is 0.386. The Morgan fingerprint density at radius 2 is 2.12 bits per heavy atom. The molecule has 7 heteroatoms. The summed E-state index contributed by atoms with van der Waals surface area (Å²) in [5, 5.41) is 4.32. The van der Waals surface area contributed by atoms with Gasteiger partial charge in [0, 0.05) is 37.7 Å². The Labute approximate surface area is 179 Å². The normalized spacial score (nSPS) is 23.2. The molecule has 0 aliphatic carbocycles. The Bertz CT molecular complexity index is 546. The van der Waals surface area contributed by atoms with Crippen LogP contribution < -0.4 is 5.32 Å². The summed E-state index contributed by atoms with van der Waals surface area (Å²) in [6, 6.07) is 4.37. The Morgan fingerprint density at radius 3 is 2.73 bits per heavy atom. The largest absolute Gasteiger partial charge is 0.468 e. The maximum Gasteiger partial charge on any atom is 0.193 e. The lowest BCUT2D eigenvalue weighted by atomic mass is 10.1. The summed E-state index contributed by atoms with van der Waals surface area (Å²) in [6.07, 6.45) is 4.35. The highest BCUT2D eigenvalue weighted by molar-refractivity contribution is 14.0. The van der Waals surface area contributed by atoms with Gasteiger partial charge in [-0.25, -0.2) is 0 Å². The molecule has 0 bridgehead atoms. The number of nitrogens with zero attached hydrogens (tertiary/aromatic N) is 3. The van der Waals surface area contributed by atoms with Gasteiger partial charge in [0.05, 0.1) is 12.3 Å². The van der Waals surface area contributed by atoms with Gasteiger partial charge >= 0.3 is 0 Å². The van der Waals surface area contributed by atoms with Crippen molar-refractivity contribution in [3.05, 3.63) is 24.2 Å². The van der Waals surface area contributed by atoms with Gasteiger partial charge < -0.3 is 14.6 Å². The standard InChI is InChI=1S/C19H32N4OS.HI/c1-15(2)18-14-23(10-12-25-18)19(20-3)21-13-16(17-7-6-11-24-17)22-8-4-5-9-22;/h6-7,11,15-16,18H,4-5,8-10,12-14H2,1-3H3,(H,20,21);1H. The molecule has 2 saturated heterocycles. The van der Waals surface area contributed by atoms with Gasteiger partial charge in [-0.1, -0.05) is 13.8 Å². The summed E-state index contributed by atoms with van der Waals surface area (Å²) in [5.41, 5.74) is 0. The van der Waals surface area contributed by atoms with Crippen LogP contribution in [0.4, 0.5) is 0 Å². The van der Waals surface area contributed by atoms with Crippen molar-refractivity contribution in [3.8, 4) is 0 Å². The van der Waals surface area contributed by atoms with E-state index in [4.69, 9.17) is 4.42 Å². The lowest BCUT2D eigenvalue weighted by Gasteiger charge is -2.37. The fraction of sp³-hybridized carbons (Fsp3) is 0.737. The minimum Gasteiger partial charge on any atom is -0.468 e. The smallest absolute Gasteiger partial charge is 0.193 e. The van der Waals surface area contributed by atoms with Gasteiger partial charge in [0.25, 0.3) is 0 Å². The predicted molar refractivity (Wildman–Crippen MR) is 122 cm³/mol. The number of likely N-dealkylation sites (tertiary alicyclic amines) is 1. The second-order valence-electron chi connectivity index (χ2n) is 7.30. The molecule has 26 heavy (non-hydrogen) atoms. The molecule has 0 spiro atoms. The van der Waals surface area contributed by atoms with Crippen molar-refractivity contribution in [1.29, 1.82) is 0 Å². The maximum atomic E-state index is 5.73. The molecule has 2 aliphatic heterocycles. The summed E-state index contributed by atoms with van der Waals surface area (Å²) in [7, 11) is 1.90. The highest BCUT2D eigenvalue weighted by atomic mass is 127. The molecule has 1 aromatic rings. The van der Waals surface area contributed by atoms with Gasteiger partial charge in [-0.05, 0) is 44.0 Å².